The molecular formula is C17H14N2O3. The van der Waals surface area contributed by atoms with E-state index >= 15 is 0 Å². The summed E-state index contributed by atoms with van der Waals surface area (Å²) in [5, 5.41) is 8.26. The fraction of sp³-hybridized carbons (Fsp3) is 0.176. The minimum Gasteiger partial charge on any atom is -0.486 e. The molecular weight excluding hydrogens is 280 g/mol. The van der Waals surface area contributed by atoms with Crippen LogP contribution < -0.4 is 9.47 Å². The summed E-state index contributed by atoms with van der Waals surface area (Å²) >= 11 is 0. The second-order valence-electron chi connectivity index (χ2n) is 5.14. The molecule has 0 radical (unpaired) electrons. The highest BCUT2D eigenvalue weighted by molar-refractivity contribution is 5.62. The Hall–Kier alpha value is -2.82. The van der Waals surface area contributed by atoms with Crippen LogP contribution >= 0.6 is 0 Å². The lowest BCUT2D eigenvalue weighted by atomic mass is 10.1. The lowest BCUT2D eigenvalue weighted by molar-refractivity contribution is 0.171. The molecule has 110 valence electrons. The van der Waals surface area contributed by atoms with Crippen molar-refractivity contribution in [3.05, 3.63) is 48.0 Å². The number of benzene rings is 2. The number of fused-ring (bicyclic) bond motifs is 1. The minimum atomic E-state index is 0.466. The first-order chi connectivity index (χ1) is 10.8. The van der Waals surface area contributed by atoms with Gasteiger partial charge in [0, 0.05) is 11.1 Å². The van der Waals surface area contributed by atoms with Crippen molar-refractivity contribution in [1.82, 2.24) is 10.2 Å². The number of rotatable bonds is 2. The number of hydrogen-bond acceptors (Lipinski definition) is 5. The SMILES string of the molecule is Cc1cccc(-c2nnc(-c3ccc4c(c3)OCCO4)o2)c1. The summed E-state index contributed by atoms with van der Waals surface area (Å²) in [7, 11) is 0. The van der Waals surface area contributed by atoms with E-state index in [1.54, 1.807) is 0 Å². The van der Waals surface area contributed by atoms with Crippen LogP contribution in [0, 0.1) is 6.92 Å². The van der Waals surface area contributed by atoms with Gasteiger partial charge in [-0.25, -0.2) is 0 Å². The van der Waals surface area contributed by atoms with Gasteiger partial charge in [-0.1, -0.05) is 17.7 Å². The predicted molar refractivity (Wildman–Crippen MR) is 80.9 cm³/mol. The van der Waals surface area contributed by atoms with E-state index in [2.05, 4.69) is 10.2 Å². The van der Waals surface area contributed by atoms with Crippen molar-refractivity contribution in [3.63, 3.8) is 0 Å². The highest BCUT2D eigenvalue weighted by Crippen LogP contribution is 2.34. The fourth-order valence-electron chi connectivity index (χ4n) is 2.41. The van der Waals surface area contributed by atoms with E-state index in [1.807, 2.05) is 49.4 Å². The van der Waals surface area contributed by atoms with Crippen molar-refractivity contribution >= 4 is 0 Å². The Labute approximate surface area is 127 Å². The standard InChI is InChI=1S/C17H14N2O3/c1-11-3-2-4-12(9-11)16-18-19-17(22-16)13-5-6-14-15(10-13)21-8-7-20-14/h2-6,9-10H,7-8H2,1H3. The topological polar surface area (TPSA) is 57.4 Å². The summed E-state index contributed by atoms with van der Waals surface area (Å²) in [5.41, 5.74) is 2.88. The van der Waals surface area contributed by atoms with Gasteiger partial charge in [0.15, 0.2) is 11.5 Å². The van der Waals surface area contributed by atoms with Crippen molar-refractivity contribution < 1.29 is 13.9 Å². The van der Waals surface area contributed by atoms with Gasteiger partial charge in [0.25, 0.3) is 0 Å². The number of aryl methyl sites for hydroxylation is 1. The summed E-state index contributed by atoms with van der Waals surface area (Å²) in [5.74, 6) is 2.43. The fourth-order valence-corrected chi connectivity index (χ4v) is 2.41. The van der Waals surface area contributed by atoms with Gasteiger partial charge in [-0.3, -0.25) is 0 Å². The van der Waals surface area contributed by atoms with Gasteiger partial charge in [-0.05, 0) is 37.3 Å². The second kappa shape index (κ2) is 5.18. The second-order valence-corrected chi connectivity index (χ2v) is 5.14. The molecule has 0 saturated heterocycles. The molecule has 3 aromatic rings. The van der Waals surface area contributed by atoms with Crippen LogP contribution in [0.15, 0.2) is 46.9 Å². The Kier molecular flexibility index (Phi) is 3.04. The molecule has 2 aromatic carbocycles. The summed E-state index contributed by atoms with van der Waals surface area (Å²) in [6.45, 7) is 3.15. The first-order valence-corrected chi connectivity index (χ1v) is 7.10. The average molecular weight is 294 g/mol. The van der Waals surface area contributed by atoms with Crippen LogP contribution in [0.3, 0.4) is 0 Å². The third-order valence-corrected chi connectivity index (χ3v) is 3.48. The summed E-state index contributed by atoms with van der Waals surface area (Å²) < 4.78 is 16.9. The Balaban J connectivity index is 1.69. The Morgan fingerprint density at radius 3 is 2.32 bits per heavy atom. The van der Waals surface area contributed by atoms with Gasteiger partial charge in [0.05, 0.1) is 0 Å². The van der Waals surface area contributed by atoms with E-state index in [4.69, 9.17) is 13.9 Å². The monoisotopic (exact) mass is 294 g/mol. The molecule has 0 saturated carbocycles. The van der Waals surface area contributed by atoms with Crippen molar-refractivity contribution in [1.29, 1.82) is 0 Å². The van der Waals surface area contributed by atoms with Crippen LogP contribution in [0.2, 0.25) is 0 Å². The molecule has 0 spiro atoms. The van der Waals surface area contributed by atoms with Crippen LogP contribution in [0.5, 0.6) is 11.5 Å². The van der Waals surface area contributed by atoms with Crippen LogP contribution in [0.1, 0.15) is 5.56 Å². The molecule has 2 heterocycles. The molecule has 0 unspecified atom stereocenters. The quantitative estimate of drug-likeness (QED) is 0.724. The van der Waals surface area contributed by atoms with Crippen molar-refractivity contribution in [2.24, 2.45) is 0 Å². The maximum Gasteiger partial charge on any atom is 0.248 e. The Morgan fingerprint density at radius 2 is 1.55 bits per heavy atom. The van der Waals surface area contributed by atoms with Gasteiger partial charge in [-0.15, -0.1) is 10.2 Å². The highest BCUT2D eigenvalue weighted by atomic mass is 16.6. The minimum absolute atomic E-state index is 0.466. The molecule has 5 heteroatoms. The van der Waals surface area contributed by atoms with E-state index in [1.165, 1.54) is 0 Å². The maximum atomic E-state index is 5.78. The molecule has 1 aliphatic heterocycles. The molecule has 22 heavy (non-hydrogen) atoms. The smallest absolute Gasteiger partial charge is 0.248 e. The zero-order valence-corrected chi connectivity index (χ0v) is 12.1. The molecule has 1 aliphatic rings. The van der Waals surface area contributed by atoms with Crippen LogP contribution in [-0.4, -0.2) is 23.4 Å². The van der Waals surface area contributed by atoms with E-state index in [0.29, 0.717) is 30.7 Å². The molecule has 0 atom stereocenters. The first-order valence-electron chi connectivity index (χ1n) is 7.10. The first kappa shape index (κ1) is 12.9. The average Bonchev–Trinajstić information content (AvgIpc) is 3.04. The summed E-state index contributed by atoms with van der Waals surface area (Å²) in [4.78, 5) is 0. The molecule has 0 N–H and O–H groups in total. The number of nitrogens with zero attached hydrogens (tertiary/aromatic N) is 2. The third kappa shape index (κ3) is 2.30. The van der Waals surface area contributed by atoms with Crippen LogP contribution in [-0.2, 0) is 0 Å². The third-order valence-electron chi connectivity index (χ3n) is 3.48. The molecule has 0 amide bonds. The maximum absolute atomic E-state index is 5.78. The lowest BCUT2D eigenvalue weighted by Crippen LogP contribution is -2.15. The zero-order valence-electron chi connectivity index (χ0n) is 12.1. The van der Waals surface area contributed by atoms with E-state index in [9.17, 15) is 0 Å². The highest BCUT2D eigenvalue weighted by Gasteiger charge is 2.16. The van der Waals surface area contributed by atoms with E-state index in [-0.39, 0.29) is 0 Å². The number of aromatic nitrogens is 2. The molecule has 1 aromatic heterocycles. The predicted octanol–water partition coefficient (Wildman–Crippen LogP) is 3.48. The largest absolute Gasteiger partial charge is 0.486 e. The number of hydrogen-bond donors (Lipinski definition) is 0. The van der Waals surface area contributed by atoms with Gasteiger partial charge >= 0.3 is 0 Å². The molecule has 0 aliphatic carbocycles. The van der Waals surface area contributed by atoms with Gasteiger partial charge in [-0.2, -0.15) is 0 Å². The molecule has 5 nitrogen and oxygen atoms in total. The summed E-state index contributed by atoms with van der Waals surface area (Å²) in [6, 6.07) is 13.6. The normalized spacial score (nSPS) is 13.1. The van der Waals surface area contributed by atoms with Gasteiger partial charge < -0.3 is 13.9 Å². The van der Waals surface area contributed by atoms with Crippen molar-refractivity contribution in [3.8, 4) is 34.4 Å². The van der Waals surface area contributed by atoms with Crippen LogP contribution in [0.25, 0.3) is 22.9 Å². The Morgan fingerprint density at radius 1 is 0.818 bits per heavy atom. The lowest BCUT2D eigenvalue weighted by Gasteiger charge is -2.18. The molecule has 4 rings (SSSR count). The number of ether oxygens (including phenoxy) is 2. The Bertz CT molecular complexity index is 826. The summed E-state index contributed by atoms with van der Waals surface area (Å²) in [6.07, 6.45) is 0. The van der Waals surface area contributed by atoms with Gasteiger partial charge in [0.2, 0.25) is 11.8 Å². The van der Waals surface area contributed by atoms with E-state index in [0.717, 1.165) is 22.4 Å². The molecule has 0 fully saturated rings. The van der Waals surface area contributed by atoms with Crippen molar-refractivity contribution in [2.45, 2.75) is 6.92 Å². The van der Waals surface area contributed by atoms with Crippen molar-refractivity contribution in [2.75, 3.05) is 13.2 Å². The molecule has 0 bridgehead atoms. The van der Waals surface area contributed by atoms with Crippen LogP contribution in [0.4, 0.5) is 0 Å². The zero-order chi connectivity index (χ0) is 14.9. The van der Waals surface area contributed by atoms with Gasteiger partial charge in [0.1, 0.15) is 13.2 Å². The van der Waals surface area contributed by atoms with E-state index < -0.39 is 0 Å².